The van der Waals surface area contributed by atoms with Gasteiger partial charge in [-0.2, -0.15) is 13.2 Å². The van der Waals surface area contributed by atoms with Crippen LogP contribution in [0.2, 0.25) is 5.02 Å². The molecule has 222 valence electrons. The van der Waals surface area contributed by atoms with E-state index in [-0.39, 0.29) is 29.6 Å². The van der Waals surface area contributed by atoms with E-state index in [0.29, 0.717) is 41.5 Å². The number of aliphatic hydroxyl groups is 1. The van der Waals surface area contributed by atoms with E-state index in [0.717, 1.165) is 9.25 Å². The third-order valence-electron chi connectivity index (χ3n) is 6.83. The van der Waals surface area contributed by atoms with E-state index in [1.165, 1.54) is 35.3 Å². The van der Waals surface area contributed by atoms with Gasteiger partial charge in [-0.05, 0) is 50.2 Å². The molecule has 5 rings (SSSR count). The smallest absolute Gasteiger partial charge is 0.382 e. The van der Waals surface area contributed by atoms with Crippen molar-refractivity contribution in [3.05, 3.63) is 81.8 Å². The maximum atomic E-state index is 13.4. The molecule has 4 aromatic rings. The van der Waals surface area contributed by atoms with E-state index in [1.54, 1.807) is 29.2 Å². The molecule has 1 atom stereocenters. The summed E-state index contributed by atoms with van der Waals surface area (Å²) in [6.45, 7) is 4.44. The number of halogens is 4. The second kappa shape index (κ2) is 11.3. The summed E-state index contributed by atoms with van der Waals surface area (Å²) in [6, 6.07) is 13.0. The predicted molar refractivity (Wildman–Crippen MR) is 147 cm³/mol. The molecular weight excluding hydrogens is 577 g/mol. The minimum Gasteiger partial charge on any atom is -0.382 e. The normalized spacial score (nSPS) is 16.0. The van der Waals surface area contributed by atoms with Crippen molar-refractivity contribution < 1.29 is 23.1 Å². The van der Waals surface area contributed by atoms with E-state index < -0.39 is 24.5 Å². The molecule has 3 heterocycles. The van der Waals surface area contributed by atoms with Crippen molar-refractivity contribution >= 4 is 17.5 Å². The number of carbonyl (C=O) groups is 1. The van der Waals surface area contributed by atoms with E-state index in [1.807, 2.05) is 13.8 Å². The van der Waals surface area contributed by atoms with Crippen LogP contribution in [0.4, 0.5) is 13.2 Å². The first-order chi connectivity index (χ1) is 19.8. The van der Waals surface area contributed by atoms with Gasteiger partial charge in [-0.15, -0.1) is 10.2 Å². The molecule has 1 amide bonds. The van der Waals surface area contributed by atoms with Crippen LogP contribution >= 0.6 is 11.6 Å². The topological polar surface area (TPSA) is 123 Å². The number of nitrogens with zero attached hydrogens (tertiary/aromatic N) is 7. The van der Waals surface area contributed by atoms with Crippen LogP contribution in [0.5, 0.6) is 0 Å². The Morgan fingerprint density at radius 2 is 1.86 bits per heavy atom. The Balaban J connectivity index is 1.45. The highest BCUT2D eigenvalue weighted by Crippen LogP contribution is 2.24. The molecule has 2 aromatic heterocycles. The maximum Gasteiger partial charge on any atom is 0.416 e. The highest BCUT2D eigenvalue weighted by Gasteiger charge is 2.39. The van der Waals surface area contributed by atoms with Crippen molar-refractivity contribution in [2.75, 3.05) is 19.6 Å². The lowest BCUT2D eigenvalue weighted by atomic mass is 10.0. The summed E-state index contributed by atoms with van der Waals surface area (Å²) in [7, 11) is 0. The van der Waals surface area contributed by atoms with Gasteiger partial charge in [0.25, 0.3) is 5.91 Å². The number of rotatable bonds is 7. The number of hydrogen-bond donors (Lipinski definition) is 2. The second-order valence-electron chi connectivity index (χ2n) is 10.6. The monoisotopic (exact) mass is 604 g/mol. The average molecular weight is 605 g/mol. The van der Waals surface area contributed by atoms with E-state index in [9.17, 15) is 27.9 Å². The average Bonchev–Trinajstić information content (AvgIpc) is 3.52. The van der Waals surface area contributed by atoms with Gasteiger partial charge in [0.05, 0.1) is 17.8 Å². The van der Waals surface area contributed by atoms with E-state index in [4.69, 9.17) is 11.6 Å². The van der Waals surface area contributed by atoms with Crippen LogP contribution < -0.4 is 11.0 Å². The molecule has 1 aliphatic heterocycles. The summed E-state index contributed by atoms with van der Waals surface area (Å²) < 4.78 is 42.5. The van der Waals surface area contributed by atoms with Crippen LogP contribution in [0.15, 0.2) is 59.7 Å². The fraction of sp³-hybridized carbons (Fsp3) is 0.370. The van der Waals surface area contributed by atoms with E-state index in [2.05, 4.69) is 20.5 Å². The number of amides is 1. The lowest BCUT2D eigenvalue weighted by Crippen LogP contribution is -2.58. The van der Waals surface area contributed by atoms with Gasteiger partial charge in [-0.1, -0.05) is 23.7 Å². The Hall–Kier alpha value is -4.01. The molecule has 1 saturated heterocycles. The molecule has 0 aliphatic carbocycles. The van der Waals surface area contributed by atoms with Gasteiger partial charge in [0, 0.05) is 35.8 Å². The van der Waals surface area contributed by atoms with Crippen LogP contribution in [0.1, 0.15) is 30.0 Å². The van der Waals surface area contributed by atoms with E-state index >= 15 is 0 Å². The van der Waals surface area contributed by atoms with Gasteiger partial charge < -0.3 is 15.3 Å². The van der Waals surface area contributed by atoms with Crippen LogP contribution in [-0.4, -0.2) is 82.5 Å². The highest BCUT2D eigenvalue weighted by molar-refractivity contribution is 6.30. The predicted octanol–water partition coefficient (Wildman–Crippen LogP) is 2.74. The fourth-order valence-corrected chi connectivity index (χ4v) is 4.88. The number of alkyl halides is 3. The molecule has 1 fully saturated rings. The molecule has 15 heteroatoms. The van der Waals surface area contributed by atoms with Gasteiger partial charge in [0.2, 0.25) is 0 Å². The van der Waals surface area contributed by atoms with Crippen LogP contribution in [0.25, 0.3) is 17.1 Å². The van der Waals surface area contributed by atoms with Gasteiger partial charge >= 0.3 is 11.9 Å². The standard InChI is InChI=1S/C27H28ClF3N8O3/c1-26(2)15-36(12-11-33-26)24(41)19-5-3-4-6-20(19)39-16-32-22(34-39)14-38-25(42)37(13-21(40)27(29,30)31)23(35-38)17-7-9-18(28)10-8-17/h3-10,16,21,33,40H,11-15H2,1-2H3. The Morgan fingerprint density at radius 1 is 1.14 bits per heavy atom. The Morgan fingerprint density at radius 3 is 2.55 bits per heavy atom. The van der Waals surface area contributed by atoms with Crippen molar-refractivity contribution in [3.8, 4) is 17.1 Å². The molecule has 0 radical (unpaired) electrons. The van der Waals surface area contributed by atoms with Crippen LogP contribution in [-0.2, 0) is 13.1 Å². The van der Waals surface area contributed by atoms with Gasteiger partial charge in [-0.25, -0.2) is 19.1 Å². The minimum atomic E-state index is -4.94. The lowest BCUT2D eigenvalue weighted by Gasteiger charge is -2.39. The number of aliphatic hydroxyl groups excluding tert-OH is 1. The third kappa shape index (κ3) is 6.25. The van der Waals surface area contributed by atoms with Gasteiger partial charge in [0.1, 0.15) is 12.9 Å². The summed E-state index contributed by atoms with van der Waals surface area (Å²) in [5.41, 5.74) is 0.0917. The number of carbonyl (C=O) groups excluding carboxylic acids is 1. The fourth-order valence-electron chi connectivity index (χ4n) is 4.76. The number of aromatic nitrogens is 6. The Labute approximate surface area is 243 Å². The number of hydrogen-bond acceptors (Lipinski definition) is 7. The molecule has 42 heavy (non-hydrogen) atoms. The summed E-state index contributed by atoms with van der Waals surface area (Å²) >= 11 is 5.94. The molecule has 0 saturated carbocycles. The Bertz CT molecular complexity index is 1650. The second-order valence-corrected chi connectivity index (χ2v) is 11.0. The number of benzene rings is 2. The quantitative estimate of drug-likeness (QED) is 0.333. The molecule has 11 nitrogen and oxygen atoms in total. The van der Waals surface area contributed by atoms with Crippen molar-refractivity contribution in [1.82, 2.24) is 39.3 Å². The highest BCUT2D eigenvalue weighted by atomic mass is 35.5. The third-order valence-corrected chi connectivity index (χ3v) is 7.08. The first-order valence-electron chi connectivity index (χ1n) is 13.0. The van der Waals surface area contributed by atoms with Crippen molar-refractivity contribution in [3.63, 3.8) is 0 Å². The molecule has 2 N–H and O–H groups in total. The minimum absolute atomic E-state index is 0.0886. The summed E-state index contributed by atoms with van der Waals surface area (Å²) in [6.07, 6.45) is -6.34. The molecular formula is C27H28ClF3N8O3. The maximum absolute atomic E-state index is 13.4. The zero-order valence-corrected chi connectivity index (χ0v) is 23.5. The number of nitrogens with one attached hydrogen (secondary N) is 1. The zero-order valence-electron chi connectivity index (χ0n) is 22.7. The molecule has 0 spiro atoms. The SMILES string of the molecule is CC1(C)CN(C(=O)c2ccccc2-n2cnc(Cn3nc(-c4ccc(Cl)cc4)n(CC(O)C(F)(F)F)c3=O)n2)CCN1. The first kappa shape index (κ1) is 29.5. The van der Waals surface area contributed by atoms with Gasteiger partial charge in [-0.3, -0.25) is 9.36 Å². The summed E-state index contributed by atoms with van der Waals surface area (Å²) in [5.74, 6) is -0.122. The lowest BCUT2D eigenvalue weighted by molar-refractivity contribution is -0.207. The number of piperazine rings is 1. The molecule has 0 bridgehead atoms. The largest absolute Gasteiger partial charge is 0.416 e. The molecule has 1 unspecified atom stereocenters. The van der Waals surface area contributed by atoms with Crippen molar-refractivity contribution in [1.29, 1.82) is 0 Å². The molecule has 2 aromatic carbocycles. The van der Waals surface area contributed by atoms with Gasteiger partial charge in [0.15, 0.2) is 17.8 Å². The van der Waals surface area contributed by atoms with Crippen molar-refractivity contribution in [2.45, 2.75) is 44.8 Å². The first-order valence-corrected chi connectivity index (χ1v) is 13.4. The summed E-state index contributed by atoms with van der Waals surface area (Å²) in [4.78, 5) is 32.7. The Kier molecular flexibility index (Phi) is 7.96. The zero-order chi connectivity index (χ0) is 30.2. The summed E-state index contributed by atoms with van der Waals surface area (Å²) in [5, 5.41) is 22.1. The van der Waals surface area contributed by atoms with Crippen LogP contribution in [0.3, 0.4) is 0 Å². The number of para-hydroxylation sites is 1. The van der Waals surface area contributed by atoms with Crippen molar-refractivity contribution in [2.24, 2.45) is 0 Å². The molecule has 1 aliphatic rings. The van der Waals surface area contributed by atoms with Crippen LogP contribution in [0, 0.1) is 0 Å².